The van der Waals surface area contributed by atoms with Crippen molar-refractivity contribution in [3.8, 4) is 0 Å². The van der Waals surface area contributed by atoms with E-state index in [1.165, 1.54) is 16.8 Å². The van der Waals surface area contributed by atoms with E-state index in [2.05, 4.69) is 25.9 Å². The van der Waals surface area contributed by atoms with Gasteiger partial charge >= 0.3 is 0 Å². The maximum absolute atomic E-state index is 12.0. The van der Waals surface area contributed by atoms with Gasteiger partial charge in [-0.1, -0.05) is 15.9 Å². The van der Waals surface area contributed by atoms with Gasteiger partial charge in [0.25, 0.3) is 10.0 Å². The van der Waals surface area contributed by atoms with E-state index < -0.39 is 15.6 Å². The van der Waals surface area contributed by atoms with Crippen molar-refractivity contribution in [3.63, 3.8) is 0 Å². The summed E-state index contributed by atoms with van der Waals surface area (Å²) >= 11 is 3.30. The van der Waals surface area contributed by atoms with E-state index in [9.17, 15) is 8.42 Å². The summed E-state index contributed by atoms with van der Waals surface area (Å²) < 4.78 is 25.4. The Morgan fingerprint density at radius 3 is 2.60 bits per heavy atom. The number of H-pyrrole nitrogens is 1. The van der Waals surface area contributed by atoms with Crippen LogP contribution in [-0.2, 0) is 10.0 Å². The summed E-state index contributed by atoms with van der Waals surface area (Å²) in [5.74, 6) is 0. The van der Waals surface area contributed by atoms with Crippen LogP contribution in [0.25, 0.3) is 0 Å². The molecule has 0 aromatic carbocycles. The van der Waals surface area contributed by atoms with Gasteiger partial charge in [-0.05, 0) is 13.8 Å². The lowest BCUT2D eigenvalue weighted by molar-refractivity contribution is 0.298. The van der Waals surface area contributed by atoms with E-state index in [1.807, 2.05) is 13.8 Å². The summed E-state index contributed by atoms with van der Waals surface area (Å²) in [6.45, 7) is 3.69. The monoisotopic (exact) mass is 295 g/mol. The molecule has 0 unspecified atom stereocenters. The van der Waals surface area contributed by atoms with Crippen LogP contribution >= 0.6 is 15.9 Å². The van der Waals surface area contributed by atoms with Crippen LogP contribution in [0.2, 0.25) is 0 Å². The Balaban J connectivity index is 3.09. The van der Waals surface area contributed by atoms with Crippen LogP contribution in [0.4, 0.5) is 0 Å². The molecule has 0 fully saturated rings. The number of hydrogen-bond acceptors (Lipinski definition) is 3. The van der Waals surface area contributed by atoms with Crippen molar-refractivity contribution in [1.82, 2.24) is 14.3 Å². The molecular formula is C8H14BrN3O2S. The van der Waals surface area contributed by atoms with Crippen LogP contribution in [0.15, 0.2) is 17.6 Å². The highest BCUT2D eigenvalue weighted by Gasteiger charge is 2.33. The third kappa shape index (κ3) is 2.40. The molecule has 1 N–H and O–H groups in total. The van der Waals surface area contributed by atoms with Gasteiger partial charge in [-0.2, -0.15) is 4.31 Å². The normalized spacial score (nSPS) is 13.4. The standard InChI is InChI=1S/C8H14BrN3O2S/c1-8(2,5-9)12(3)15(13,14)7-4-10-6-11-7/h4,6H,5H2,1-3H3,(H,10,11). The van der Waals surface area contributed by atoms with Crippen molar-refractivity contribution >= 4 is 26.0 Å². The number of rotatable bonds is 4. The van der Waals surface area contributed by atoms with Crippen molar-refractivity contribution in [2.24, 2.45) is 0 Å². The molecule has 1 heterocycles. The van der Waals surface area contributed by atoms with Crippen LogP contribution in [-0.4, -0.2) is 40.6 Å². The third-order valence-electron chi connectivity index (χ3n) is 2.29. The van der Waals surface area contributed by atoms with E-state index in [1.54, 1.807) is 7.05 Å². The summed E-state index contributed by atoms with van der Waals surface area (Å²) in [6.07, 6.45) is 2.65. The van der Waals surface area contributed by atoms with Crippen LogP contribution in [0.5, 0.6) is 0 Å². The summed E-state index contributed by atoms with van der Waals surface area (Å²) in [5.41, 5.74) is -0.482. The second-order valence-corrected chi connectivity index (χ2v) is 6.33. The Kier molecular flexibility index (Phi) is 3.57. The number of nitrogens with zero attached hydrogens (tertiary/aromatic N) is 2. The number of imidazole rings is 1. The highest BCUT2D eigenvalue weighted by molar-refractivity contribution is 9.09. The Morgan fingerprint density at radius 1 is 1.60 bits per heavy atom. The molecule has 5 nitrogen and oxygen atoms in total. The van der Waals surface area contributed by atoms with E-state index in [4.69, 9.17) is 0 Å². The van der Waals surface area contributed by atoms with Crippen molar-refractivity contribution in [1.29, 1.82) is 0 Å². The molecule has 86 valence electrons. The van der Waals surface area contributed by atoms with Crippen molar-refractivity contribution in [2.45, 2.75) is 24.4 Å². The Morgan fingerprint density at radius 2 is 2.20 bits per heavy atom. The maximum atomic E-state index is 12.0. The van der Waals surface area contributed by atoms with Gasteiger partial charge < -0.3 is 4.98 Å². The van der Waals surface area contributed by atoms with Crippen LogP contribution in [0.1, 0.15) is 13.8 Å². The average Bonchev–Trinajstić information content (AvgIpc) is 2.69. The first-order valence-corrected chi connectivity index (χ1v) is 6.92. The van der Waals surface area contributed by atoms with Crippen molar-refractivity contribution < 1.29 is 8.42 Å². The molecule has 0 spiro atoms. The second kappa shape index (κ2) is 4.23. The lowest BCUT2D eigenvalue weighted by atomic mass is 10.1. The summed E-state index contributed by atoms with van der Waals surface area (Å²) in [6, 6.07) is 0. The van der Waals surface area contributed by atoms with Gasteiger partial charge in [0, 0.05) is 17.9 Å². The minimum Gasteiger partial charge on any atom is -0.335 e. The molecule has 15 heavy (non-hydrogen) atoms. The largest absolute Gasteiger partial charge is 0.335 e. The molecular weight excluding hydrogens is 282 g/mol. The average molecular weight is 296 g/mol. The van der Waals surface area contributed by atoms with Gasteiger partial charge in [-0.15, -0.1) is 0 Å². The van der Waals surface area contributed by atoms with Crippen molar-refractivity contribution in [2.75, 3.05) is 12.4 Å². The number of sulfonamides is 1. The number of halogens is 1. The molecule has 0 radical (unpaired) electrons. The highest BCUT2D eigenvalue weighted by Crippen LogP contribution is 2.22. The second-order valence-electron chi connectivity index (χ2n) is 3.83. The fourth-order valence-corrected chi connectivity index (χ4v) is 2.89. The molecule has 0 atom stereocenters. The van der Waals surface area contributed by atoms with E-state index in [0.717, 1.165) is 0 Å². The summed E-state index contributed by atoms with van der Waals surface area (Å²) in [5, 5.41) is 0.670. The predicted octanol–water partition coefficient (Wildman–Crippen LogP) is 1.20. The molecule has 7 heteroatoms. The van der Waals surface area contributed by atoms with Gasteiger partial charge in [0.2, 0.25) is 0 Å². The predicted molar refractivity (Wildman–Crippen MR) is 61.4 cm³/mol. The molecule has 0 aliphatic rings. The van der Waals surface area contributed by atoms with Crippen molar-refractivity contribution in [3.05, 3.63) is 12.5 Å². The molecule has 0 saturated heterocycles. The summed E-state index contributed by atoms with van der Waals surface area (Å²) in [7, 11) is -1.93. The lowest BCUT2D eigenvalue weighted by Gasteiger charge is -2.32. The van der Waals surface area contributed by atoms with Crippen LogP contribution < -0.4 is 0 Å². The molecule has 0 bridgehead atoms. The zero-order valence-corrected chi connectivity index (χ0v) is 11.3. The number of nitrogens with one attached hydrogen (secondary N) is 1. The molecule has 1 rings (SSSR count). The lowest BCUT2D eigenvalue weighted by Crippen LogP contribution is -2.46. The first kappa shape index (κ1) is 12.7. The third-order valence-corrected chi connectivity index (χ3v) is 5.66. The quantitative estimate of drug-likeness (QED) is 0.849. The fourth-order valence-electron chi connectivity index (χ4n) is 0.941. The first-order valence-electron chi connectivity index (χ1n) is 4.36. The van der Waals surface area contributed by atoms with Crippen LogP contribution in [0.3, 0.4) is 0 Å². The van der Waals surface area contributed by atoms with Gasteiger partial charge in [0.1, 0.15) is 0 Å². The van der Waals surface area contributed by atoms with Gasteiger partial charge in [0.15, 0.2) is 5.03 Å². The van der Waals surface area contributed by atoms with Gasteiger partial charge in [-0.3, -0.25) is 0 Å². The molecule has 0 aliphatic carbocycles. The fraction of sp³-hybridized carbons (Fsp3) is 0.625. The highest BCUT2D eigenvalue weighted by atomic mass is 79.9. The molecule has 0 amide bonds. The Bertz CT molecular complexity index is 413. The zero-order valence-electron chi connectivity index (χ0n) is 8.86. The number of alkyl halides is 1. The topological polar surface area (TPSA) is 66.1 Å². The number of aromatic nitrogens is 2. The Labute approximate surface area is 98.1 Å². The molecule has 0 aliphatic heterocycles. The smallest absolute Gasteiger partial charge is 0.260 e. The van der Waals surface area contributed by atoms with Gasteiger partial charge in [0.05, 0.1) is 12.5 Å². The first-order chi connectivity index (χ1) is 6.82. The molecule has 1 aromatic rings. The van der Waals surface area contributed by atoms with E-state index in [0.29, 0.717) is 5.33 Å². The molecule has 1 aromatic heterocycles. The van der Waals surface area contributed by atoms with Gasteiger partial charge in [-0.25, -0.2) is 13.4 Å². The molecule has 0 saturated carbocycles. The van der Waals surface area contributed by atoms with Crippen LogP contribution in [0, 0.1) is 0 Å². The Hall–Kier alpha value is -0.400. The minimum atomic E-state index is -3.48. The van der Waals surface area contributed by atoms with E-state index in [-0.39, 0.29) is 5.03 Å². The maximum Gasteiger partial charge on any atom is 0.260 e. The van der Waals surface area contributed by atoms with E-state index >= 15 is 0 Å². The number of aromatic amines is 1. The zero-order chi connectivity index (χ0) is 11.7. The minimum absolute atomic E-state index is 0.110. The SMILES string of the molecule is CN(C(C)(C)CBr)S(=O)(=O)c1cnc[nH]1. The number of hydrogen-bond donors (Lipinski definition) is 1. The summed E-state index contributed by atoms with van der Waals surface area (Å²) in [4.78, 5) is 6.30.